The molecule has 6 heavy (non-hydrogen) atoms. The van der Waals surface area contributed by atoms with Crippen molar-refractivity contribution in [2.24, 2.45) is 0 Å². The SMILES string of the molecule is CC(=O)C=O.[Sn]. The van der Waals surface area contributed by atoms with E-state index >= 15 is 0 Å². The minimum Gasteiger partial charge on any atom is -0.295 e. The standard InChI is InChI=1S/C3H4O2.Sn/c1-3(5)2-4;/h2H,1H3;. The van der Waals surface area contributed by atoms with Gasteiger partial charge >= 0.3 is 0 Å². The second kappa shape index (κ2) is 5.14. The van der Waals surface area contributed by atoms with Crippen LogP contribution in [0.3, 0.4) is 0 Å². The predicted octanol–water partition coefficient (Wildman–Crippen LogP) is -0.607. The number of carbonyl (C=O) groups is 2. The smallest absolute Gasteiger partial charge is 0.192 e. The van der Waals surface area contributed by atoms with Gasteiger partial charge in [0.2, 0.25) is 0 Å². The molecule has 0 atom stereocenters. The van der Waals surface area contributed by atoms with Gasteiger partial charge in [0, 0.05) is 30.8 Å². The Morgan fingerprint density at radius 3 is 1.83 bits per heavy atom. The third-order valence-corrected chi connectivity index (χ3v) is 0.166. The molecule has 0 bridgehead atoms. The Hall–Kier alpha value is 0.139. The van der Waals surface area contributed by atoms with E-state index in [1.165, 1.54) is 6.92 Å². The van der Waals surface area contributed by atoms with Crippen LogP contribution >= 0.6 is 0 Å². The zero-order valence-corrected chi connectivity index (χ0v) is 6.25. The molecule has 0 saturated carbocycles. The van der Waals surface area contributed by atoms with Crippen LogP contribution in [0.4, 0.5) is 0 Å². The summed E-state index contributed by atoms with van der Waals surface area (Å²) >= 11 is 0. The fourth-order valence-electron chi connectivity index (χ4n) is 0. The molecule has 0 aliphatic heterocycles. The molecule has 0 aliphatic rings. The van der Waals surface area contributed by atoms with E-state index in [0.29, 0.717) is 0 Å². The normalized spacial score (nSPS) is 5.50. The largest absolute Gasteiger partial charge is 0.295 e. The van der Waals surface area contributed by atoms with E-state index in [-0.39, 0.29) is 30.2 Å². The van der Waals surface area contributed by atoms with Crippen LogP contribution in [-0.4, -0.2) is 36.0 Å². The first kappa shape index (κ1) is 9.46. The Kier molecular flexibility index (Phi) is 8.11. The van der Waals surface area contributed by atoms with Gasteiger partial charge in [-0.3, -0.25) is 9.59 Å². The van der Waals surface area contributed by atoms with Crippen LogP contribution in [0.25, 0.3) is 0 Å². The van der Waals surface area contributed by atoms with Gasteiger partial charge in [0.1, 0.15) is 0 Å². The van der Waals surface area contributed by atoms with Crippen LogP contribution in [-0.2, 0) is 9.59 Å². The number of ketones is 1. The van der Waals surface area contributed by atoms with Crippen molar-refractivity contribution in [3.8, 4) is 0 Å². The Balaban J connectivity index is 0. The van der Waals surface area contributed by atoms with Crippen molar-refractivity contribution in [1.82, 2.24) is 0 Å². The molecule has 0 aromatic rings. The van der Waals surface area contributed by atoms with Gasteiger partial charge in [-0.2, -0.15) is 0 Å². The van der Waals surface area contributed by atoms with Gasteiger partial charge in [-0.15, -0.1) is 0 Å². The van der Waals surface area contributed by atoms with Gasteiger partial charge in [-0.05, 0) is 0 Å². The van der Waals surface area contributed by atoms with Gasteiger partial charge in [-0.25, -0.2) is 0 Å². The third-order valence-electron chi connectivity index (χ3n) is 0.166. The van der Waals surface area contributed by atoms with E-state index in [1.807, 2.05) is 0 Å². The molecule has 0 N–H and O–H groups in total. The van der Waals surface area contributed by atoms with Gasteiger partial charge < -0.3 is 0 Å². The predicted molar refractivity (Wildman–Crippen MR) is 22.5 cm³/mol. The molecule has 0 amide bonds. The second-order valence-electron chi connectivity index (χ2n) is 0.729. The fourth-order valence-corrected chi connectivity index (χ4v) is 0. The molecule has 0 unspecified atom stereocenters. The summed E-state index contributed by atoms with van der Waals surface area (Å²) in [5.74, 6) is -0.426. The fraction of sp³-hybridized carbons (Fsp3) is 0.333. The maximum absolute atomic E-state index is 9.44. The molecular formula is C3H4O2Sn. The van der Waals surface area contributed by atoms with Crippen molar-refractivity contribution in [2.75, 3.05) is 0 Å². The van der Waals surface area contributed by atoms with Crippen molar-refractivity contribution in [2.45, 2.75) is 6.92 Å². The number of hydrogen-bond donors (Lipinski definition) is 0. The minimum absolute atomic E-state index is 0. The van der Waals surface area contributed by atoms with Crippen molar-refractivity contribution >= 4 is 36.0 Å². The van der Waals surface area contributed by atoms with Crippen molar-refractivity contribution in [1.29, 1.82) is 0 Å². The summed E-state index contributed by atoms with van der Waals surface area (Å²) in [6.07, 6.45) is 0.278. The van der Waals surface area contributed by atoms with Gasteiger partial charge in [0.15, 0.2) is 12.1 Å². The van der Waals surface area contributed by atoms with Crippen LogP contribution < -0.4 is 0 Å². The zero-order valence-electron chi connectivity index (χ0n) is 3.39. The minimum atomic E-state index is -0.426. The number of hydrogen-bond acceptors (Lipinski definition) is 2. The Morgan fingerprint density at radius 2 is 1.83 bits per heavy atom. The first-order valence-electron chi connectivity index (χ1n) is 1.23. The van der Waals surface area contributed by atoms with Crippen LogP contribution in [0, 0.1) is 0 Å². The molecular weight excluding hydrogens is 187 g/mol. The van der Waals surface area contributed by atoms with Crippen LogP contribution in [0.2, 0.25) is 0 Å². The summed E-state index contributed by atoms with van der Waals surface area (Å²) in [7, 11) is 0. The monoisotopic (exact) mass is 192 g/mol. The summed E-state index contributed by atoms with van der Waals surface area (Å²) in [5.41, 5.74) is 0. The Morgan fingerprint density at radius 1 is 1.67 bits per heavy atom. The summed E-state index contributed by atoms with van der Waals surface area (Å²) in [6, 6.07) is 0. The molecule has 0 heterocycles. The maximum atomic E-state index is 9.44. The molecule has 0 aliphatic carbocycles. The second-order valence-corrected chi connectivity index (χ2v) is 0.729. The van der Waals surface area contributed by atoms with Gasteiger partial charge in [0.05, 0.1) is 0 Å². The van der Waals surface area contributed by atoms with E-state index in [2.05, 4.69) is 0 Å². The third kappa shape index (κ3) is 8.91. The Labute approximate surface area is 52.9 Å². The molecule has 3 heteroatoms. The van der Waals surface area contributed by atoms with Crippen molar-refractivity contribution in [3.63, 3.8) is 0 Å². The van der Waals surface area contributed by atoms with Crippen molar-refractivity contribution < 1.29 is 9.59 Å². The van der Waals surface area contributed by atoms with E-state index in [4.69, 9.17) is 4.79 Å². The number of rotatable bonds is 1. The van der Waals surface area contributed by atoms with E-state index in [0.717, 1.165) is 0 Å². The van der Waals surface area contributed by atoms with Crippen LogP contribution in [0.15, 0.2) is 0 Å². The van der Waals surface area contributed by atoms with Crippen molar-refractivity contribution in [3.05, 3.63) is 0 Å². The summed E-state index contributed by atoms with van der Waals surface area (Å²) < 4.78 is 0. The molecule has 0 rings (SSSR count). The zero-order chi connectivity index (χ0) is 4.28. The maximum Gasteiger partial charge on any atom is 0.192 e. The average molecular weight is 191 g/mol. The first-order chi connectivity index (χ1) is 2.27. The Bertz CT molecular complexity index is 59.8. The van der Waals surface area contributed by atoms with Crippen LogP contribution in [0.1, 0.15) is 6.92 Å². The van der Waals surface area contributed by atoms with E-state index in [1.54, 1.807) is 0 Å². The van der Waals surface area contributed by atoms with E-state index < -0.39 is 5.78 Å². The average Bonchev–Trinajstić information content (AvgIpc) is 1.38. The number of aldehydes is 1. The van der Waals surface area contributed by atoms with Crippen LogP contribution in [0.5, 0.6) is 0 Å². The molecule has 32 valence electrons. The number of carbonyl (C=O) groups excluding carboxylic acids is 2. The van der Waals surface area contributed by atoms with Gasteiger partial charge in [-0.1, -0.05) is 0 Å². The molecule has 0 aromatic carbocycles. The molecule has 0 fully saturated rings. The van der Waals surface area contributed by atoms with E-state index in [9.17, 15) is 4.79 Å². The summed E-state index contributed by atoms with van der Waals surface area (Å²) in [4.78, 5) is 18.6. The quantitative estimate of drug-likeness (QED) is 0.314. The summed E-state index contributed by atoms with van der Waals surface area (Å²) in [5, 5.41) is 0. The number of Topliss-reactive ketones (excluding diaryl/α,β-unsaturated/α-hetero) is 1. The molecule has 2 nitrogen and oxygen atoms in total. The first-order valence-corrected chi connectivity index (χ1v) is 1.23. The molecule has 0 aromatic heterocycles. The summed E-state index contributed by atoms with van der Waals surface area (Å²) in [6.45, 7) is 1.22. The van der Waals surface area contributed by atoms with Gasteiger partial charge in [0.25, 0.3) is 0 Å². The molecule has 4 radical (unpaired) electrons. The topological polar surface area (TPSA) is 34.1 Å². The molecule has 0 saturated heterocycles. The molecule has 0 spiro atoms.